The van der Waals surface area contributed by atoms with E-state index in [0.717, 1.165) is 29.4 Å². The Morgan fingerprint density at radius 2 is 1.74 bits per heavy atom. The summed E-state index contributed by atoms with van der Waals surface area (Å²) in [5.74, 6) is -3.79. The van der Waals surface area contributed by atoms with Gasteiger partial charge in [0.2, 0.25) is 5.91 Å². The monoisotopic (exact) mass is 627 g/mol. The number of allylic oxidation sites excluding steroid dienone is 6. The number of fused-ring (bicyclic) bond motifs is 1. The van der Waals surface area contributed by atoms with Crippen LogP contribution >= 0.6 is 0 Å². The normalized spacial score (nSPS) is 19.7. The highest BCUT2D eigenvalue weighted by molar-refractivity contribution is 6.10. The van der Waals surface area contributed by atoms with Crippen molar-refractivity contribution in [2.45, 2.75) is 52.5 Å². The SMILES string of the molecule is [C-]#[N+]c1c(N2CCN(C(=O)C=C)C[C@@H]2C)c2c(n(-c3c(C(C)C)cccc3C(C)C)c1=O)N(O)/C(=C1\C(=O)C=CC=C1F)C(F)=C2. The molecular formula is C35H35F2N5O4. The van der Waals surface area contributed by atoms with Crippen LogP contribution in [0, 0.1) is 6.57 Å². The van der Waals surface area contributed by atoms with Crippen molar-refractivity contribution >= 4 is 35.0 Å². The van der Waals surface area contributed by atoms with E-state index in [-0.39, 0.29) is 60.1 Å². The Kier molecular flexibility index (Phi) is 8.69. The lowest BCUT2D eigenvalue weighted by molar-refractivity contribution is -0.126. The van der Waals surface area contributed by atoms with Crippen LogP contribution in [0.1, 0.15) is 63.1 Å². The summed E-state index contributed by atoms with van der Waals surface area (Å²) in [6.07, 6.45) is 5.46. The molecule has 2 aromatic rings. The Labute approximate surface area is 266 Å². The number of ketones is 1. The molecular weight excluding hydrogens is 592 g/mol. The predicted molar refractivity (Wildman–Crippen MR) is 174 cm³/mol. The molecule has 3 aliphatic rings. The number of carbonyl (C=O) groups is 2. The lowest BCUT2D eigenvalue weighted by Gasteiger charge is -2.43. The highest BCUT2D eigenvalue weighted by atomic mass is 19.1. The number of rotatable bonds is 5. The number of aromatic nitrogens is 1. The lowest BCUT2D eigenvalue weighted by atomic mass is 9.91. The second kappa shape index (κ2) is 12.4. The minimum absolute atomic E-state index is 0.00162. The first kappa shape index (κ1) is 32.3. The van der Waals surface area contributed by atoms with Crippen LogP contribution in [0.4, 0.5) is 26.0 Å². The zero-order chi connectivity index (χ0) is 33.6. The van der Waals surface area contributed by atoms with Gasteiger partial charge in [0.1, 0.15) is 11.5 Å². The molecule has 1 fully saturated rings. The first-order valence-corrected chi connectivity index (χ1v) is 15.0. The molecule has 1 N–H and O–H groups in total. The summed E-state index contributed by atoms with van der Waals surface area (Å²) in [5, 5.41) is 12.3. The number of carbonyl (C=O) groups excluding carboxylic acids is 2. The van der Waals surface area contributed by atoms with Gasteiger partial charge in [0.05, 0.1) is 23.5 Å². The summed E-state index contributed by atoms with van der Waals surface area (Å²) < 4.78 is 32.6. The van der Waals surface area contributed by atoms with E-state index in [1.807, 2.05) is 45.9 Å². The molecule has 5 rings (SSSR count). The van der Waals surface area contributed by atoms with Crippen LogP contribution in [0.15, 0.2) is 76.8 Å². The molecule has 238 valence electrons. The molecule has 1 amide bonds. The number of para-hydroxylation sites is 1. The summed E-state index contributed by atoms with van der Waals surface area (Å²) >= 11 is 0. The fourth-order valence-electron chi connectivity index (χ4n) is 6.35. The van der Waals surface area contributed by atoms with Crippen molar-refractivity contribution in [3.63, 3.8) is 0 Å². The van der Waals surface area contributed by atoms with Crippen LogP contribution in [-0.4, -0.2) is 52.0 Å². The number of benzene rings is 1. The molecule has 0 radical (unpaired) electrons. The fourth-order valence-corrected chi connectivity index (χ4v) is 6.35. The lowest BCUT2D eigenvalue weighted by Crippen LogP contribution is -2.54. The van der Waals surface area contributed by atoms with Gasteiger partial charge < -0.3 is 9.80 Å². The number of hydrogen-bond donors (Lipinski definition) is 1. The number of nitrogens with zero attached hydrogens (tertiary/aromatic N) is 5. The third kappa shape index (κ3) is 5.18. The van der Waals surface area contributed by atoms with Gasteiger partial charge in [0, 0.05) is 31.2 Å². The van der Waals surface area contributed by atoms with Gasteiger partial charge in [0.15, 0.2) is 17.4 Å². The number of hydrogen-bond acceptors (Lipinski definition) is 6. The van der Waals surface area contributed by atoms with Gasteiger partial charge in [-0.25, -0.2) is 18.7 Å². The minimum Gasteiger partial charge on any atom is -0.373 e. The minimum atomic E-state index is -1.13. The molecule has 9 nitrogen and oxygen atoms in total. The van der Waals surface area contributed by atoms with Crippen LogP contribution < -0.4 is 15.5 Å². The van der Waals surface area contributed by atoms with E-state index in [4.69, 9.17) is 6.57 Å². The summed E-state index contributed by atoms with van der Waals surface area (Å²) in [6.45, 7) is 21.9. The highest BCUT2D eigenvalue weighted by Gasteiger charge is 2.39. The summed E-state index contributed by atoms with van der Waals surface area (Å²) in [7, 11) is 0. The molecule has 1 saturated heterocycles. The Morgan fingerprint density at radius 3 is 2.28 bits per heavy atom. The standard InChI is InChI=1S/C35H35F2N5O4/c1-8-28(44)39-15-16-40(21(6)18-39)32-24-17-26(37)33(29-25(36)13-10-14-27(29)43)42(46)34(24)41(35(45)30(32)38-7)31-22(19(2)3)11-9-12-23(31)20(4)5/h8-14,17,19-21,46H,1,15-16,18H2,2-6H3/b33-29-/t21-/m0/s1. The van der Waals surface area contributed by atoms with E-state index in [2.05, 4.69) is 11.4 Å². The van der Waals surface area contributed by atoms with Gasteiger partial charge in [-0.2, -0.15) is 0 Å². The van der Waals surface area contributed by atoms with Gasteiger partial charge in [-0.05, 0) is 54.2 Å². The second-order valence-electron chi connectivity index (χ2n) is 12.1. The van der Waals surface area contributed by atoms with Crippen molar-refractivity contribution in [1.82, 2.24) is 9.47 Å². The van der Waals surface area contributed by atoms with Gasteiger partial charge >= 0.3 is 0 Å². The highest BCUT2D eigenvalue weighted by Crippen LogP contribution is 2.47. The predicted octanol–water partition coefficient (Wildman–Crippen LogP) is 6.62. The maximum atomic E-state index is 16.2. The van der Waals surface area contributed by atoms with Crippen LogP contribution in [0.5, 0.6) is 0 Å². The van der Waals surface area contributed by atoms with Crippen molar-refractivity contribution in [1.29, 1.82) is 0 Å². The van der Waals surface area contributed by atoms with Crippen LogP contribution in [0.2, 0.25) is 0 Å². The average molecular weight is 628 g/mol. The van der Waals surface area contributed by atoms with Crippen molar-refractivity contribution in [3.8, 4) is 5.69 Å². The molecule has 2 aliphatic heterocycles. The van der Waals surface area contributed by atoms with Crippen LogP contribution in [0.3, 0.4) is 0 Å². The zero-order valence-corrected chi connectivity index (χ0v) is 26.3. The smallest absolute Gasteiger partial charge is 0.274 e. The molecule has 1 aliphatic carbocycles. The maximum absolute atomic E-state index is 16.2. The Bertz CT molecular complexity index is 1870. The van der Waals surface area contributed by atoms with E-state index in [9.17, 15) is 19.6 Å². The van der Waals surface area contributed by atoms with Crippen molar-refractivity contribution in [3.05, 3.63) is 110 Å². The van der Waals surface area contributed by atoms with Crippen LogP contribution in [0.25, 0.3) is 16.6 Å². The molecule has 46 heavy (non-hydrogen) atoms. The van der Waals surface area contributed by atoms with Crippen molar-refractivity contribution < 1.29 is 23.6 Å². The first-order valence-electron chi connectivity index (χ1n) is 15.0. The zero-order valence-electron chi connectivity index (χ0n) is 26.3. The van der Waals surface area contributed by atoms with Gasteiger partial charge in [-0.3, -0.25) is 24.2 Å². The molecule has 1 aromatic carbocycles. The molecule has 1 aromatic heterocycles. The third-order valence-electron chi connectivity index (χ3n) is 8.54. The molecule has 0 saturated carbocycles. The van der Waals surface area contributed by atoms with E-state index < -0.39 is 40.3 Å². The maximum Gasteiger partial charge on any atom is 0.274 e. The second-order valence-corrected chi connectivity index (χ2v) is 12.1. The molecule has 0 bridgehead atoms. The number of anilines is 2. The Morgan fingerprint density at radius 1 is 1.09 bits per heavy atom. The van der Waals surface area contributed by atoms with E-state index in [1.165, 1.54) is 16.7 Å². The largest absolute Gasteiger partial charge is 0.373 e. The molecule has 1 atom stereocenters. The molecule has 0 unspecified atom stereocenters. The van der Waals surface area contributed by atoms with Gasteiger partial charge in [0.25, 0.3) is 11.2 Å². The Balaban J connectivity index is 1.93. The number of hydroxylamine groups is 1. The number of pyridine rings is 1. The molecule has 11 heteroatoms. The number of piperazine rings is 1. The number of amides is 1. The van der Waals surface area contributed by atoms with Crippen LogP contribution in [-0.2, 0) is 9.59 Å². The first-order chi connectivity index (χ1) is 21.8. The quantitative estimate of drug-likeness (QED) is 0.296. The average Bonchev–Trinajstić information content (AvgIpc) is 3.01. The Hall–Kier alpha value is -5.08. The topological polar surface area (TPSA) is 90.5 Å². The van der Waals surface area contributed by atoms with Crippen molar-refractivity contribution in [2.75, 3.05) is 29.6 Å². The fraction of sp³-hybridized carbons (Fsp3) is 0.314. The third-order valence-corrected chi connectivity index (χ3v) is 8.54. The van der Waals surface area contributed by atoms with E-state index >= 15 is 8.78 Å². The summed E-state index contributed by atoms with van der Waals surface area (Å²) in [5.41, 5.74) is -0.612. The van der Waals surface area contributed by atoms with E-state index in [1.54, 1.807) is 16.7 Å². The van der Waals surface area contributed by atoms with Crippen molar-refractivity contribution in [2.24, 2.45) is 0 Å². The summed E-state index contributed by atoms with van der Waals surface area (Å²) in [6, 6.07) is 5.11. The van der Waals surface area contributed by atoms with Gasteiger partial charge in [-0.1, -0.05) is 58.5 Å². The molecule has 0 spiro atoms. The van der Waals surface area contributed by atoms with Gasteiger partial charge in [-0.15, -0.1) is 0 Å². The molecule has 3 heterocycles. The number of halogens is 2. The van der Waals surface area contributed by atoms with E-state index in [0.29, 0.717) is 10.8 Å². The summed E-state index contributed by atoms with van der Waals surface area (Å²) in [4.78, 5) is 46.9.